The SMILES string of the molecule is CCN(CC)S(=O)(=O)c1cc(C(=O)NCCc2ccc(OC)cc2)ccc1F. The van der Waals surface area contributed by atoms with Crippen molar-refractivity contribution in [3.8, 4) is 5.75 Å². The van der Waals surface area contributed by atoms with Crippen LogP contribution in [-0.4, -0.2) is 45.4 Å². The number of hydrogen-bond donors (Lipinski definition) is 1. The van der Waals surface area contributed by atoms with E-state index in [4.69, 9.17) is 4.74 Å². The monoisotopic (exact) mass is 408 g/mol. The fraction of sp³-hybridized carbons (Fsp3) is 0.350. The molecule has 152 valence electrons. The third-order valence-corrected chi connectivity index (χ3v) is 6.44. The number of hydrogen-bond acceptors (Lipinski definition) is 4. The average Bonchev–Trinajstić information content (AvgIpc) is 2.69. The van der Waals surface area contributed by atoms with Gasteiger partial charge in [-0.2, -0.15) is 4.31 Å². The summed E-state index contributed by atoms with van der Waals surface area (Å²) in [5.74, 6) is -0.577. The number of carbonyl (C=O) groups is 1. The van der Waals surface area contributed by atoms with Crippen molar-refractivity contribution in [2.45, 2.75) is 25.2 Å². The van der Waals surface area contributed by atoms with Crippen LogP contribution in [0.15, 0.2) is 47.4 Å². The van der Waals surface area contributed by atoms with Crippen molar-refractivity contribution in [1.82, 2.24) is 9.62 Å². The van der Waals surface area contributed by atoms with E-state index >= 15 is 0 Å². The quantitative estimate of drug-likeness (QED) is 0.692. The van der Waals surface area contributed by atoms with Crippen molar-refractivity contribution in [3.05, 3.63) is 59.4 Å². The minimum Gasteiger partial charge on any atom is -0.497 e. The first-order valence-corrected chi connectivity index (χ1v) is 10.5. The largest absolute Gasteiger partial charge is 0.497 e. The van der Waals surface area contributed by atoms with Crippen molar-refractivity contribution >= 4 is 15.9 Å². The third-order valence-electron chi connectivity index (χ3n) is 4.37. The summed E-state index contributed by atoms with van der Waals surface area (Å²) in [4.78, 5) is 11.9. The highest BCUT2D eigenvalue weighted by atomic mass is 32.2. The topological polar surface area (TPSA) is 75.7 Å². The Morgan fingerprint density at radius 3 is 2.32 bits per heavy atom. The van der Waals surface area contributed by atoms with Crippen LogP contribution in [0.25, 0.3) is 0 Å². The van der Waals surface area contributed by atoms with Gasteiger partial charge in [-0.1, -0.05) is 26.0 Å². The number of amides is 1. The molecule has 6 nitrogen and oxygen atoms in total. The Morgan fingerprint density at radius 1 is 1.11 bits per heavy atom. The van der Waals surface area contributed by atoms with Crippen LogP contribution in [0, 0.1) is 5.82 Å². The molecule has 0 bridgehead atoms. The van der Waals surface area contributed by atoms with Crippen molar-refractivity contribution < 1.29 is 22.3 Å². The molecule has 0 fully saturated rings. The highest BCUT2D eigenvalue weighted by molar-refractivity contribution is 7.89. The number of rotatable bonds is 9. The zero-order valence-corrected chi connectivity index (χ0v) is 17.1. The van der Waals surface area contributed by atoms with Gasteiger partial charge in [0.1, 0.15) is 16.5 Å². The second kappa shape index (κ2) is 9.66. The summed E-state index contributed by atoms with van der Waals surface area (Å²) in [7, 11) is -2.40. The smallest absolute Gasteiger partial charge is 0.251 e. The first-order chi connectivity index (χ1) is 13.3. The van der Waals surface area contributed by atoms with Crippen molar-refractivity contribution in [2.75, 3.05) is 26.7 Å². The van der Waals surface area contributed by atoms with Gasteiger partial charge in [-0.15, -0.1) is 0 Å². The van der Waals surface area contributed by atoms with Crippen LogP contribution in [-0.2, 0) is 16.4 Å². The minimum atomic E-state index is -3.99. The van der Waals surface area contributed by atoms with Gasteiger partial charge < -0.3 is 10.1 Å². The summed E-state index contributed by atoms with van der Waals surface area (Å²) in [6, 6.07) is 10.8. The minimum absolute atomic E-state index is 0.0989. The molecule has 0 aliphatic rings. The van der Waals surface area contributed by atoms with E-state index in [-0.39, 0.29) is 18.7 Å². The lowest BCUT2D eigenvalue weighted by Crippen LogP contribution is -2.32. The predicted molar refractivity (Wildman–Crippen MR) is 106 cm³/mol. The van der Waals surface area contributed by atoms with Gasteiger partial charge in [0, 0.05) is 25.2 Å². The maximum Gasteiger partial charge on any atom is 0.251 e. The highest BCUT2D eigenvalue weighted by Gasteiger charge is 2.26. The second-order valence-electron chi connectivity index (χ2n) is 6.09. The van der Waals surface area contributed by atoms with Crippen LogP contribution in [0.5, 0.6) is 5.75 Å². The molecule has 0 aromatic heterocycles. The Morgan fingerprint density at radius 2 is 1.75 bits per heavy atom. The molecule has 0 radical (unpaired) electrons. The van der Waals surface area contributed by atoms with Gasteiger partial charge in [0.15, 0.2) is 0 Å². The van der Waals surface area contributed by atoms with Gasteiger partial charge in [-0.25, -0.2) is 12.8 Å². The van der Waals surface area contributed by atoms with Crippen LogP contribution in [0.4, 0.5) is 4.39 Å². The van der Waals surface area contributed by atoms with E-state index in [1.54, 1.807) is 21.0 Å². The van der Waals surface area contributed by atoms with Gasteiger partial charge >= 0.3 is 0 Å². The predicted octanol–water partition coefficient (Wildman–Crippen LogP) is 2.84. The van der Waals surface area contributed by atoms with Crippen LogP contribution in [0.1, 0.15) is 29.8 Å². The van der Waals surface area contributed by atoms with Gasteiger partial charge in [0.25, 0.3) is 5.91 Å². The Kier molecular flexibility index (Phi) is 7.53. The molecule has 28 heavy (non-hydrogen) atoms. The van der Waals surface area contributed by atoms with E-state index in [0.29, 0.717) is 13.0 Å². The van der Waals surface area contributed by atoms with Crippen molar-refractivity contribution in [1.29, 1.82) is 0 Å². The normalized spacial score (nSPS) is 11.5. The van der Waals surface area contributed by atoms with E-state index in [2.05, 4.69) is 5.32 Å². The zero-order valence-electron chi connectivity index (χ0n) is 16.2. The Balaban J connectivity index is 2.09. The number of methoxy groups -OCH3 is 1. The number of benzene rings is 2. The lowest BCUT2D eigenvalue weighted by molar-refractivity contribution is 0.0954. The lowest BCUT2D eigenvalue weighted by atomic mass is 10.1. The van der Waals surface area contributed by atoms with Crippen LogP contribution in [0.2, 0.25) is 0 Å². The van der Waals surface area contributed by atoms with Gasteiger partial charge in [0.2, 0.25) is 10.0 Å². The van der Waals surface area contributed by atoms with Gasteiger partial charge in [-0.3, -0.25) is 4.79 Å². The molecular weight excluding hydrogens is 383 g/mol. The van der Waals surface area contributed by atoms with E-state index in [1.165, 1.54) is 6.07 Å². The standard InChI is InChI=1S/C20H25FN2O4S/c1-4-23(5-2)28(25,26)19-14-16(8-11-18(19)21)20(24)22-13-12-15-6-9-17(27-3)10-7-15/h6-11,14H,4-5,12-13H2,1-3H3,(H,22,24). The third kappa shape index (κ3) is 5.08. The van der Waals surface area contributed by atoms with Gasteiger partial charge in [-0.05, 0) is 42.3 Å². The molecule has 2 rings (SSSR count). The average molecular weight is 408 g/mol. The molecule has 2 aromatic rings. The number of sulfonamides is 1. The molecule has 0 spiro atoms. The van der Waals surface area contributed by atoms with E-state index in [0.717, 1.165) is 27.8 Å². The Hall–Kier alpha value is -2.45. The van der Waals surface area contributed by atoms with Gasteiger partial charge in [0.05, 0.1) is 7.11 Å². The van der Waals surface area contributed by atoms with Crippen LogP contribution < -0.4 is 10.1 Å². The fourth-order valence-electron chi connectivity index (χ4n) is 2.76. The Labute approximate surface area is 165 Å². The first kappa shape index (κ1) is 21.8. The molecule has 0 saturated carbocycles. The summed E-state index contributed by atoms with van der Waals surface area (Å²) in [5, 5.41) is 2.73. The molecular formula is C20H25FN2O4S. The second-order valence-corrected chi connectivity index (χ2v) is 7.99. The molecule has 0 unspecified atom stereocenters. The maximum atomic E-state index is 14.1. The molecule has 1 N–H and O–H groups in total. The maximum absolute atomic E-state index is 14.1. The van der Waals surface area contributed by atoms with E-state index in [1.807, 2.05) is 24.3 Å². The molecule has 8 heteroatoms. The summed E-state index contributed by atoms with van der Waals surface area (Å²) < 4.78 is 45.6. The molecule has 0 heterocycles. The van der Waals surface area contributed by atoms with Crippen molar-refractivity contribution in [2.24, 2.45) is 0 Å². The van der Waals surface area contributed by atoms with E-state index < -0.39 is 26.6 Å². The number of nitrogens with zero attached hydrogens (tertiary/aromatic N) is 1. The summed E-state index contributed by atoms with van der Waals surface area (Å²) >= 11 is 0. The zero-order chi connectivity index (χ0) is 20.7. The number of nitrogens with one attached hydrogen (secondary N) is 1. The molecule has 2 aromatic carbocycles. The van der Waals surface area contributed by atoms with Crippen LogP contribution in [0.3, 0.4) is 0 Å². The number of carbonyl (C=O) groups excluding carboxylic acids is 1. The molecule has 0 aliphatic heterocycles. The molecule has 1 amide bonds. The lowest BCUT2D eigenvalue weighted by Gasteiger charge is -2.19. The first-order valence-electron chi connectivity index (χ1n) is 9.04. The summed E-state index contributed by atoms with van der Waals surface area (Å²) in [6.45, 7) is 4.15. The highest BCUT2D eigenvalue weighted by Crippen LogP contribution is 2.21. The summed E-state index contributed by atoms with van der Waals surface area (Å²) in [5.41, 5.74) is 1.12. The van der Waals surface area contributed by atoms with Crippen molar-refractivity contribution in [3.63, 3.8) is 0 Å². The molecule has 0 aliphatic carbocycles. The van der Waals surface area contributed by atoms with Crippen LogP contribution >= 0.6 is 0 Å². The fourth-order valence-corrected chi connectivity index (χ4v) is 4.31. The molecule has 0 saturated heterocycles. The summed E-state index contributed by atoms with van der Waals surface area (Å²) in [6.07, 6.45) is 0.599. The van der Waals surface area contributed by atoms with E-state index in [9.17, 15) is 17.6 Å². The molecule has 0 atom stereocenters. The Bertz CT molecular complexity index is 910. The number of halogens is 1. The number of ether oxygens (including phenoxy) is 1.